The Morgan fingerprint density at radius 3 is 2.56 bits per heavy atom. The third-order valence-corrected chi connectivity index (χ3v) is 10.9. The molecule has 7 nitrogen and oxygen atoms in total. The van der Waals surface area contributed by atoms with Crippen LogP contribution in [0.1, 0.15) is 81.9 Å². The number of rotatable bonds is 5. The lowest BCUT2D eigenvalue weighted by molar-refractivity contribution is -0.136. The molecule has 7 rings (SSSR count). The number of imidazole rings is 1. The summed E-state index contributed by atoms with van der Waals surface area (Å²) in [7, 11) is 2.14. The molecule has 1 spiro atoms. The van der Waals surface area contributed by atoms with Gasteiger partial charge in [-0.25, -0.2) is 15.6 Å². The van der Waals surface area contributed by atoms with E-state index in [1.54, 1.807) is 10.8 Å². The summed E-state index contributed by atoms with van der Waals surface area (Å²) in [6, 6.07) is 1.20. The highest BCUT2D eigenvalue weighted by Gasteiger charge is 2.56. The van der Waals surface area contributed by atoms with Crippen LogP contribution in [-0.4, -0.2) is 51.7 Å². The fraction of sp³-hybridized carbons (Fsp3) is 0.759. The van der Waals surface area contributed by atoms with Crippen molar-refractivity contribution in [1.82, 2.24) is 29.6 Å². The highest BCUT2D eigenvalue weighted by Crippen LogP contribution is 2.58. The number of hydrogen-bond acceptors (Lipinski definition) is 5. The van der Waals surface area contributed by atoms with Gasteiger partial charge in [0.1, 0.15) is 0 Å². The van der Waals surface area contributed by atoms with E-state index in [0.717, 1.165) is 64.7 Å². The summed E-state index contributed by atoms with van der Waals surface area (Å²) >= 11 is 0. The van der Waals surface area contributed by atoms with Crippen LogP contribution in [0.3, 0.4) is 0 Å². The molecule has 10 heteroatoms. The Bertz CT molecular complexity index is 1310. The summed E-state index contributed by atoms with van der Waals surface area (Å²) in [6.07, 6.45) is 8.49. The molecule has 0 aromatic carbocycles. The number of hydrogen-bond donors (Lipinski definition) is 2. The molecule has 214 valence electrons. The van der Waals surface area contributed by atoms with Crippen molar-refractivity contribution in [3.8, 4) is 0 Å². The second-order valence-corrected chi connectivity index (χ2v) is 13.7. The van der Waals surface area contributed by atoms with Crippen molar-refractivity contribution in [1.29, 1.82) is 0 Å². The molecule has 4 heterocycles. The molecule has 2 aliphatic heterocycles. The van der Waals surface area contributed by atoms with Crippen LogP contribution in [-0.2, 0) is 12.7 Å². The van der Waals surface area contributed by atoms with Crippen molar-refractivity contribution in [2.24, 2.45) is 22.7 Å². The van der Waals surface area contributed by atoms with E-state index in [9.17, 15) is 18.0 Å². The molecular formula is C29H41F3N6O. The summed E-state index contributed by atoms with van der Waals surface area (Å²) in [6.45, 7) is 5.42. The Kier molecular flexibility index (Phi) is 6.05. The number of likely N-dealkylation sites (tertiary alicyclic amines) is 1. The predicted octanol–water partition coefficient (Wildman–Crippen LogP) is 4.58. The van der Waals surface area contributed by atoms with Crippen molar-refractivity contribution in [3.63, 3.8) is 0 Å². The maximum atomic E-state index is 14.3. The Balaban J connectivity index is 1.20. The third-order valence-electron chi connectivity index (χ3n) is 10.9. The van der Waals surface area contributed by atoms with Gasteiger partial charge in [-0.1, -0.05) is 13.3 Å². The molecule has 3 aliphatic carbocycles. The minimum atomic E-state index is -4.52. The van der Waals surface area contributed by atoms with Crippen LogP contribution in [0.4, 0.5) is 13.2 Å². The number of hydrazine groups is 1. The topological polar surface area (TPSA) is 57.0 Å². The van der Waals surface area contributed by atoms with E-state index in [0.29, 0.717) is 29.4 Å². The van der Waals surface area contributed by atoms with Gasteiger partial charge < -0.3 is 0 Å². The Labute approximate surface area is 227 Å². The minimum absolute atomic E-state index is 0.0215. The standard InChI is InChI=1S/C29H41F3N6O/c1-19-12-28(13-19,25-34-33-18-35(25)2)21-4-3-5-22(11-21)37-16-24-23(29(30,31)32)10-20(15-38(24)26(37)39)14-36-9-8-27(17-36)6-7-27/h10,15-16,19,21-22,25,33-34H,3-9,11-14,17-18H2,1-2H3. The molecule has 0 amide bonds. The van der Waals surface area contributed by atoms with E-state index in [1.165, 1.54) is 29.5 Å². The smallest absolute Gasteiger partial charge is 0.298 e. The molecule has 0 bridgehead atoms. The van der Waals surface area contributed by atoms with Gasteiger partial charge in [-0.2, -0.15) is 13.2 Å². The maximum absolute atomic E-state index is 14.3. The van der Waals surface area contributed by atoms with Gasteiger partial charge in [-0.15, -0.1) is 0 Å². The zero-order valence-electron chi connectivity index (χ0n) is 23.1. The highest BCUT2D eigenvalue weighted by atomic mass is 19.4. The first kappa shape index (κ1) is 26.0. The van der Waals surface area contributed by atoms with Gasteiger partial charge >= 0.3 is 11.9 Å². The van der Waals surface area contributed by atoms with Gasteiger partial charge in [0.05, 0.1) is 23.9 Å². The Morgan fingerprint density at radius 2 is 1.92 bits per heavy atom. The van der Waals surface area contributed by atoms with Gasteiger partial charge in [0, 0.05) is 36.9 Å². The SMILES string of the molecule is CC1CC(C2CCCC(n3cc4c(C(F)(F)F)cc(CN5CCC6(CC6)C5)cn4c3=O)C2)(C2NNCN2C)C1. The van der Waals surface area contributed by atoms with Crippen LogP contribution >= 0.6 is 0 Å². The Hall–Kier alpha value is -1.88. The molecule has 0 radical (unpaired) electrons. The molecule has 5 fully saturated rings. The van der Waals surface area contributed by atoms with Gasteiger partial charge in [0.25, 0.3) is 0 Å². The molecule has 2 aromatic rings. The molecule has 5 aliphatic rings. The van der Waals surface area contributed by atoms with Gasteiger partial charge in [-0.3, -0.25) is 18.8 Å². The Morgan fingerprint density at radius 1 is 1.13 bits per heavy atom. The summed E-state index contributed by atoms with van der Waals surface area (Å²) < 4.78 is 45.8. The minimum Gasteiger partial charge on any atom is -0.298 e. The molecule has 2 saturated heterocycles. The first-order valence-corrected chi connectivity index (χ1v) is 14.8. The van der Waals surface area contributed by atoms with E-state index < -0.39 is 11.7 Å². The van der Waals surface area contributed by atoms with Gasteiger partial charge in [-0.05, 0) is 93.8 Å². The first-order valence-electron chi connectivity index (χ1n) is 14.8. The first-order chi connectivity index (χ1) is 18.6. The summed E-state index contributed by atoms with van der Waals surface area (Å²) in [4.78, 5) is 18.3. The van der Waals surface area contributed by atoms with E-state index >= 15 is 0 Å². The van der Waals surface area contributed by atoms with Crippen molar-refractivity contribution in [2.75, 3.05) is 26.8 Å². The maximum Gasteiger partial charge on any atom is 0.418 e. The summed E-state index contributed by atoms with van der Waals surface area (Å²) in [5.41, 5.74) is 6.83. The molecule has 3 atom stereocenters. The quantitative estimate of drug-likeness (QED) is 0.575. The number of alkyl halides is 3. The number of nitrogens with one attached hydrogen (secondary N) is 2. The van der Waals surface area contributed by atoms with Crippen LogP contribution in [0.2, 0.25) is 0 Å². The van der Waals surface area contributed by atoms with Crippen molar-refractivity contribution < 1.29 is 13.2 Å². The largest absolute Gasteiger partial charge is 0.418 e. The second kappa shape index (κ2) is 9.06. The summed E-state index contributed by atoms with van der Waals surface area (Å²) in [5.74, 6) is 1.09. The number of fused-ring (bicyclic) bond motifs is 1. The van der Waals surface area contributed by atoms with Crippen LogP contribution in [0.5, 0.6) is 0 Å². The predicted molar refractivity (Wildman–Crippen MR) is 143 cm³/mol. The number of halogens is 3. The zero-order valence-corrected chi connectivity index (χ0v) is 23.1. The zero-order chi connectivity index (χ0) is 27.2. The molecule has 2 N–H and O–H groups in total. The van der Waals surface area contributed by atoms with E-state index in [4.69, 9.17) is 0 Å². The lowest BCUT2D eigenvalue weighted by Gasteiger charge is -2.57. The lowest BCUT2D eigenvalue weighted by Crippen LogP contribution is -2.60. The average molecular weight is 547 g/mol. The number of pyridine rings is 1. The van der Waals surface area contributed by atoms with E-state index in [2.05, 4.69) is 34.6 Å². The van der Waals surface area contributed by atoms with Crippen LogP contribution in [0.15, 0.2) is 23.3 Å². The summed E-state index contributed by atoms with van der Waals surface area (Å²) in [5, 5.41) is 0. The van der Waals surface area contributed by atoms with Crippen molar-refractivity contribution in [2.45, 2.75) is 89.6 Å². The molecule has 3 unspecified atom stereocenters. The van der Waals surface area contributed by atoms with Gasteiger partial charge in [0.2, 0.25) is 0 Å². The fourth-order valence-corrected chi connectivity index (χ4v) is 8.85. The molecule has 2 aromatic heterocycles. The van der Waals surface area contributed by atoms with Crippen LogP contribution in [0.25, 0.3) is 5.52 Å². The number of aromatic nitrogens is 2. The lowest BCUT2D eigenvalue weighted by atomic mass is 9.51. The van der Waals surface area contributed by atoms with E-state index in [-0.39, 0.29) is 28.8 Å². The van der Waals surface area contributed by atoms with E-state index in [1.807, 2.05) is 0 Å². The monoisotopic (exact) mass is 546 g/mol. The molecule has 39 heavy (non-hydrogen) atoms. The molecule has 3 saturated carbocycles. The van der Waals surface area contributed by atoms with Crippen LogP contribution in [0, 0.1) is 22.7 Å². The third kappa shape index (κ3) is 4.37. The van der Waals surface area contributed by atoms with Crippen molar-refractivity contribution in [3.05, 3.63) is 40.1 Å². The second-order valence-electron chi connectivity index (χ2n) is 13.7. The van der Waals surface area contributed by atoms with Gasteiger partial charge in [0.15, 0.2) is 0 Å². The fourth-order valence-electron chi connectivity index (χ4n) is 8.85. The van der Waals surface area contributed by atoms with Crippen LogP contribution < -0.4 is 16.5 Å². The average Bonchev–Trinajstić information content (AvgIpc) is 3.15. The number of nitrogens with zero attached hydrogens (tertiary/aromatic N) is 4. The highest BCUT2D eigenvalue weighted by molar-refractivity contribution is 5.56. The normalized spacial score (nSPS) is 35.2. The molecular weight excluding hydrogens is 505 g/mol. The van der Waals surface area contributed by atoms with Crippen molar-refractivity contribution >= 4 is 5.52 Å².